The molecule has 0 aliphatic carbocycles. The molecule has 0 aliphatic heterocycles. The van der Waals surface area contributed by atoms with Gasteiger partial charge in [-0.3, -0.25) is 4.79 Å². The standard InChI is InChI=1S/C18H16FNO.H2/c1-4-18(2,3)20-17(21)14-11-9-13(10-12-14)15-7-5-6-8-16(15)19;/h1,5-12H,2-3H3,(H,20,21);1H. The highest BCUT2D eigenvalue weighted by Gasteiger charge is 2.18. The Kier molecular flexibility index (Phi) is 4.09. The Balaban J connectivity index is 0.00000242. The summed E-state index contributed by atoms with van der Waals surface area (Å²) in [5.74, 6) is 1.96. The third-order valence-corrected chi connectivity index (χ3v) is 3.12. The average molecular weight is 283 g/mol. The van der Waals surface area contributed by atoms with E-state index in [1.165, 1.54) is 6.07 Å². The molecule has 108 valence electrons. The van der Waals surface area contributed by atoms with Crippen molar-refractivity contribution in [2.45, 2.75) is 19.4 Å². The van der Waals surface area contributed by atoms with Crippen molar-refractivity contribution in [3.05, 3.63) is 59.9 Å². The van der Waals surface area contributed by atoms with Gasteiger partial charge in [-0.25, -0.2) is 4.39 Å². The molecule has 0 radical (unpaired) electrons. The smallest absolute Gasteiger partial charge is 0.252 e. The molecule has 0 bridgehead atoms. The summed E-state index contributed by atoms with van der Waals surface area (Å²) in [5, 5.41) is 2.74. The van der Waals surface area contributed by atoms with Crippen LogP contribution < -0.4 is 5.32 Å². The van der Waals surface area contributed by atoms with Gasteiger partial charge >= 0.3 is 0 Å². The van der Waals surface area contributed by atoms with Crippen LogP contribution in [0.3, 0.4) is 0 Å². The number of terminal acetylenes is 1. The van der Waals surface area contributed by atoms with E-state index in [-0.39, 0.29) is 13.2 Å². The second-order valence-electron chi connectivity index (χ2n) is 5.28. The number of nitrogens with one attached hydrogen (secondary N) is 1. The molecule has 3 heteroatoms. The third kappa shape index (κ3) is 3.49. The highest BCUT2D eigenvalue weighted by Crippen LogP contribution is 2.22. The highest BCUT2D eigenvalue weighted by molar-refractivity contribution is 5.95. The summed E-state index contributed by atoms with van der Waals surface area (Å²) >= 11 is 0. The molecular formula is C18H18FNO. The fraction of sp³-hybridized carbons (Fsp3) is 0.167. The van der Waals surface area contributed by atoms with E-state index < -0.39 is 5.54 Å². The van der Waals surface area contributed by atoms with Crippen molar-refractivity contribution in [2.75, 3.05) is 0 Å². The number of hydrogen-bond donors (Lipinski definition) is 1. The summed E-state index contributed by atoms with van der Waals surface area (Å²) in [7, 11) is 0. The van der Waals surface area contributed by atoms with Gasteiger partial charge in [-0.1, -0.05) is 36.3 Å². The Morgan fingerprint density at radius 3 is 2.38 bits per heavy atom. The van der Waals surface area contributed by atoms with Crippen molar-refractivity contribution < 1.29 is 10.6 Å². The highest BCUT2D eigenvalue weighted by atomic mass is 19.1. The van der Waals surface area contributed by atoms with Crippen LogP contribution in [0.5, 0.6) is 0 Å². The van der Waals surface area contributed by atoms with Crippen LogP contribution in [-0.2, 0) is 0 Å². The van der Waals surface area contributed by atoms with Gasteiger partial charge in [0.1, 0.15) is 5.82 Å². The molecule has 2 nitrogen and oxygen atoms in total. The van der Waals surface area contributed by atoms with Gasteiger partial charge in [0, 0.05) is 12.6 Å². The number of benzene rings is 2. The van der Waals surface area contributed by atoms with Crippen molar-refractivity contribution in [2.24, 2.45) is 0 Å². The molecule has 1 amide bonds. The van der Waals surface area contributed by atoms with E-state index in [4.69, 9.17) is 6.42 Å². The molecule has 0 aliphatic rings. The third-order valence-electron chi connectivity index (χ3n) is 3.12. The number of carbonyl (C=O) groups is 1. The maximum absolute atomic E-state index is 13.7. The van der Waals surface area contributed by atoms with Crippen molar-refractivity contribution in [1.29, 1.82) is 0 Å². The van der Waals surface area contributed by atoms with Crippen molar-refractivity contribution >= 4 is 5.91 Å². The van der Waals surface area contributed by atoms with Crippen LogP contribution in [0.25, 0.3) is 11.1 Å². The zero-order valence-corrected chi connectivity index (χ0v) is 12.0. The minimum atomic E-state index is -0.707. The number of halogens is 1. The van der Waals surface area contributed by atoms with Crippen LogP contribution in [0, 0.1) is 18.2 Å². The lowest BCUT2D eigenvalue weighted by atomic mass is 10.0. The van der Waals surface area contributed by atoms with E-state index in [2.05, 4.69) is 11.2 Å². The summed E-state index contributed by atoms with van der Waals surface area (Å²) in [5.41, 5.74) is 1.01. The molecule has 2 aromatic rings. The van der Waals surface area contributed by atoms with Crippen LogP contribution in [0.15, 0.2) is 48.5 Å². The van der Waals surface area contributed by atoms with Crippen molar-refractivity contribution in [3.63, 3.8) is 0 Å². The quantitative estimate of drug-likeness (QED) is 0.851. The van der Waals surface area contributed by atoms with E-state index >= 15 is 0 Å². The Bertz CT molecular complexity index is 702. The molecule has 21 heavy (non-hydrogen) atoms. The summed E-state index contributed by atoms with van der Waals surface area (Å²) < 4.78 is 13.7. The monoisotopic (exact) mass is 283 g/mol. The molecule has 0 saturated carbocycles. The van der Waals surface area contributed by atoms with Crippen LogP contribution in [-0.4, -0.2) is 11.4 Å². The molecule has 0 saturated heterocycles. The van der Waals surface area contributed by atoms with Crippen LogP contribution in [0.1, 0.15) is 25.6 Å². The number of carbonyl (C=O) groups excluding carboxylic acids is 1. The molecule has 2 aromatic carbocycles. The minimum absolute atomic E-state index is 0. The number of amides is 1. The van der Waals surface area contributed by atoms with E-state index in [1.54, 1.807) is 56.3 Å². The normalized spacial score (nSPS) is 10.8. The number of rotatable bonds is 3. The Hall–Kier alpha value is -2.60. The summed E-state index contributed by atoms with van der Waals surface area (Å²) in [6.07, 6.45) is 5.34. The van der Waals surface area contributed by atoms with Gasteiger partial charge in [0.05, 0.1) is 5.54 Å². The zero-order chi connectivity index (χ0) is 15.5. The fourth-order valence-electron chi connectivity index (χ4n) is 1.89. The lowest BCUT2D eigenvalue weighted by Crippen LogP contribution is -2.42. The van der Waals surface area contributed by atoms with Gasteiger partial charge in [-0.05, 0) is 37.6 Å². The van der Waals surface area contributed by atoms with E-state index in [9.17, 15) is 9.18 Å². The van der Waals surface area contributed by atoms with Crippen LogP contribution >= 0.6 is 0 Å². The lowest BCUT2D eigenvalue weighted by Gasteiger charge is -2.19. The molecular weight excluding hydrogens is 265 g/mol. The Morgan fingerprint density at radius 2 is 1.81 bits per heavy atom. The summed E-state index contributed by atoms with van der Waals surface area (Å²) in [4.78, 5) is 12.1. The SMILES string of the molecule is C#CC(C)(C)NC(=O)c1ccc(-c2ccccc2F)cc1.[HH]. The second-order valence-corrected chi connectivity index (χ2v) is 5.28. The van der Waals surface area contributed by atoms with E-state index in [0.717, 1.165) is 5.56 Å². The minimum Gasteiger partial charge on any atom is -0.336 e. The largest absolute Gasteiger partial charge is 0.336 e. The zero-order valence-electron chi connectivity index (χ0n) is 12.0. The molecule has 1 N–H and O–H groups in total. The Labute approximate surface area is 125 Å². The topological polar surface area (TPSA) is 29.1 Å². The van der Waals surface area contributed by atoms with E-state index in [0.29, 0.717) is 11.1 Å². The first kappa shape index (κ1) is 14.8. The molecule has 0 fully saturated rings. The van der Waals surface area contributed by atoms with Gasteiger partial charge in [-0.2, -0.15) is 0 Å². The first-order valence-electron chi connectivity index (χ1n) is 6.58. The van der Waals surface area contributed by atoms with Gasteiger partial charge < -0.3 is 5.32 Å². The molecule has 0 heterocycles. The van der Waals surface area contributed by atoms with E-state index in [1.807, 2.05) is 0 Å². The second kappa shape index (κ2) is 5.80. The lowest BCUT2D eigenvalue weighted by molar-refractivity contribution is 0.0930. The Morgan fingerprint density at radius 1 is 1.19 bits per heavy atom. The van der Waals surface area contributed by atoms with Gasteiger partial charge in [0.15, 0.2) is 0 Å². The molecule has 2 rings (SSSR count). The summed E-state index contributed by atoms with van der Waals surface area (Å²) in [6, 6.07) is 13.3. The average Bonchev–Trinajstić information content (AvgIpc) is 2.47. The van der Waals surface area contributed by atoms with Crippen LogP contribution in [0.4, 0.5) is 4.39 Å². The van der Waals surface area contributed by atoms with Gasteiger partial charge in [0.25, 0.3) is 5.91 Å². The first-order valence-corrected chi connectivity index (χ1v) is 6.58. The van der Waals surface area contributed by atoms with Crippen LogP contribution in [0.2, 0.25) is 0 Å². The van der Waals surface area contributed by atoms with Gasteiger partial charge in [0.2, 0.25) is 0 Å². The maximum atomic E-state index is 13.7. The van der Waals surface area contributed by atoms with Gasteiger partial charge in [-0.15, -0.1) is 6.42 Å². The first-order chi connectivity index (χ1) is 9.93. The van der Waals surface area contributed by atoms with Crippen molar-refractivity contribution in [3.8, 4) is 23.5 Å². The molecule has 0 atom stereocenters. The molecule has 0 unspecified atom stereocenters. The van der Waals surface area contributed by atoms with Crippen molar-refractivity contribution in [1.82, 2.24) is 5.32 Å². The fourth-order valence-corrected chi connectivity index (χ4v) is 1.89. The molecule has 0 aromatic heterocycles. The predicted molar refractivity (Wildman–Crippen MR) is 84.3 cm³/mol. The summed E-state index contributed by atoms with van der Waals surface area (Å²) in [6.45, 7) is 3.50. The molecule has 0 spiro atoms. The maximum Gasteiger partial charge on any atom is 0.252 e. The predicted octanol–water partition coefficient (Wildman–Crippen LogP) is 3.88. The number of hydrogen-bond acceptors (Lipinski definition) is 1.